The van der Waals surface area contributed by atoms with Crippen LogP contribution < -0.4 is 5.32 Å². The van der Waals surface area contributed by atoms with E-state index < -0.39 is 23.6 Å². The first-order chi connectivity index (χ1) is 9.82. The lowest BCUT2D eigenvalue weighted by atomic mass is 9.98. The number of alkyl halides is 3. The molecule has 1 atom stereocenters. The highest BCUT2D eigenvalue weighted by molar-refractivity contribution is 9.10. The summed E-state index contributed by atoms with van der Waals surface area (Å²) in [5.41, 5.74) is 0.0537. The smallest absolute Gasteiger partial charge is 0.309 e. The number of hydrogen-bond donors (Lipinski definition) is 1. The summed E-state index contributed by atoms with van der Waals surface area (Å²) in [5.74, 6) is -0.541. The quantitative estimate of drug-likeness (QED) is 0.823. The minimum Gasteiger partial charge on any atom is -0.309 e. The van der Waals surface area contributed by atoms with E-state index >= 15 is 0 Å². The molecule has 0 bridgehead atoms. The van der Waals surface area contributed by atoms with Crippen molar-refractivity contribution in [1.29, 1.82) is 0 Å². The first kappa shape index (κ1) is 15.9. The van der Waals surface area contributed by atoms with E-state index in [2.05, 4.69) is 26.2 Å². The third-order valence-corrected chi connectivity index (χ3v) is 3.67. The molecule has 0 aliphatic carbocycles. The molecule has 1 aromatic carbocycles. The van der Waals surface area contributed by atoms with E-state index in [0.717, 1.165) is 12.3 Å². The molecular formula is C14H11BrF4N2. The first-order valence-electron chi connectivity index (χ1n) is 5.97. The van der Waals surface area contributed by atoms with E-state index in [9.17, 15) is 17.6 Å². The van der Waals surface area contributed by atoms with Gasteiger partial charge in [-0.2, -0.15) is 13.2 Å². The van der Waals surface area contributed by atoms with Crippen LogP contribution in [0, 0.1) is 5.82 Å². The molecule has 0 fully saturated rings. The highest BCUT2D eigenvalue weighted by Gasteiger charge is 2.33. The highest BCUT2D eigenvalue weighted by atomic mass is 79.9. The summed E-state index contributed by atoms with van der Waals surface area (Å²) in [6.45, 7) is 0. The molecule has 2 nitrogen and oxygen atoms in total. The Hall–Kier alpha value is -1.47. The lowest BCUT2D eigenvalue weighted by molar-refractivity contribution is -0.138. The fourth-order valence-corrected chi connectivity index (χ4v) is 2.52. The predicted octanol–water partition coefficient (Wildman–Crippen LogP) is 4.31. The Morgan fingerprint density at radius 3 is 2.43 bits per heavy atom. The van der Waals surface area contributed by atoms with Gasteiger partial charge in [0, 0.05) is 10.7 Å². The lowest BCUT2D eigenvalue weighted by Crippen LogP contribution is -2.19. The molecular weight excluding hydrogens is 352 g/mol. The molecule has 1 aromatic heterocycles. The third kappa shape index (κ3) is 3.59. The van der Waals surface area contributed by atoms with Crippen molar-refractivity contribution < 1.29 is 17.6 Å². The second-order valence-electron chi connectivity index (χ2n) is 4.40. The maximum absolute atomic E-state index is 13.2. The maximum atomic E-state index is 13.2. The van der Waals surface area contributed by atoms with E-state index in [0.29, 0.717) is 11.1 Å². The van der Waals surface area contributed by atoms with Gasteiger partial charge in [0.15, 0.2) is 0 Å². The van der Waals surface area contributed by atoms with E-state index in [4.69, 9.17) is 0 Å². The zero-order chi connectivity index (χ0) is 15.6. The zero-order valence-electron chi connectivity index (χ0n) is 10.9. The van der Waals surface area contributed by atoms with Gasteiger partial charge in [-0.05, 0) is 36.4 Å². The third-order valence-electron chi connectivity index (χ3n) is 2.98. The fourth-order valence-electron chi connectivity index (χ4n) is 2.05. The van der Waals surface area contributed by atoms with Gasteiger partial charge in [-0.1, -0.05) is 22.0 Å². The summed E-state index contributed by atoms with van der Waals surface area (Å²) in [5, 5.41) is 2.87. The molecule has 2 aromatic rings. The van der Waals surface area contributed by atoms with Gasteiger partial charge >= 0.3 is 6.18 Å². The predicted molar refractivity (Wildman–Crippen MR) is 74.2 cm³/mol. The van der Waals surface area contributed by atoms with Crippen molar-refractivity contribution in [1.82, 2.24) is 10.3 Å². The largest absolute Gasteiger partial charge is 0.417 e. The van der Waals surface area contributed by atoms with Crippen LogP contribution in [0.1, 0.15) is 22.7 Å². The van der Waals surface area contributed by atoms with Gasteiger partial charge in [-0.25, -0.2) is 4.39 Å². The lowest BCUT2D eigenvalue weighted by Gasteiger charge is -2.19. The molecule has 1 N–H and O–H groups in total. The summed E-state index contributed by atoms with van der Waals surface area (Å²) in [6.07, 6.45) is -2.01. The first-order valence-corrected chi connectivity index (χ1v) is 6.76. The number of nitrogens with zero attached hydrogens (tertiary/aromatic N) is 1. The summed E-state index contributed by atoms with van der Waals surface area (Å²) < 4.78 is 52.0. The van der Waals surface area contributed by atoms with Crippen molar-refractivity contribution in [3.63, 3.8) is 0 Å². The number of halogens is 5. The Morgan fingerprint density at radius 1 is 1.14 bits per heavy atom. The Labute approximate surface area is 127 Å². The monoisotopic (exact) mass is 362 g/mol. The summed E-state index contributed by atoms with van der Waals surface area (Å²) in [4.78, 5) is 3.72. The topological polar surface area (TPSA) is 24.9 Å². The normalized spacial score (nSPS) is 13.2. The summed E-state index contributed by atoms with van der Waals surface area (Å²) in [7, 11) is 1.59. The van der Waals surface area contributed by atoms with Crippen LogP contribution in [0.2, 0.25) is 0 Å². The van der Waals surface area contributed by atoms with Crippen LogP contribution in [0.3, 0.4) is 0 Å². The molecule has 0 amide bonds. The molecule has 21 heavy (non-hydrogen) atoms. The average Bonchev–Trinajstić information content (AvgIpc) is 2.40. The number of rotatable bonds is 3. The molecule has 0 radical (unpaired) electrons. The highest BCUT2D eigenvalue weighted by Crippen LogP contribution is 2.37. The van der Waals surface area contributed by atoms with Crippen LogP contribution in [0.5, 0.6) is 0 Å². The minimum absolute atomic E-state index is 0.0361. The van der Waals surface area contributed by atoms with E-state index in [1.165, 1.54) is 18.3 Å². The molecule has 0 saturated carbocycles. The van der Waals surface area contributed by atoms with Gasteiger partial charge < -0.3 is 5.32 Å². The van der Waals surface area contributed by atoms with Crippen LogP contribution >= 0.6 is 15.9 Å². The fraction of sp³-hybridized carbons (Fsp3) is 0.214. The maximum Gasteiger partial charge on any atom is 0.417 e. The molecule has 0 spiro atoms. The molecule has 0 aliphatic heterocycles. The molecule has 1 heterocycles. The Morgan fingerprint density at radius 2 is 1.86 bits per heavy atom. The van der Waals surface area contributed by atoms with Crippen molar-refractivity contribution >= 4 is 15.9 Å². The average molecular weight is 363 g/mol. The van der Waals surface area contributed by atoms with Crippen molar-refractivity contribution in [3.8, 4) is 0 Å². The van der Waals surface area contributed by atoms with Gasteiger partial charge in [0.1, 0.15) is 5.82 Å². The number of pyridine rings is 1. The number of nitrogens with one attached hydrogen (secondary N) is 1. The van der Waals surface area contributed by atoms with Crippen LogP contribution in [-0.2, 0) is 6.18 Å². The van der Waals surface area contributed by atoms with Crippen molar-refractivity contribution in [2.24, 2.45) is 0 Å². The van der Waals surface area contributed by atoms with Gasteiger partial charge in [0.2, 0.25) is 0 Å². The van der Waals surface area contributed by atoms with Crippen molar-refractivity contribution in [2.75, 3.05) is 7.05 Å². The van der Waals surface area contributed by atoms with Crippen LogP contribution in [0.15, 0.2) is 41.1 Å². The molecule has 7 heteroatoms. The van der Waals surface area contributed by atoms with Gasteiger partial charge in [0.05, 0.1) is 17.8 Å². The van der Waals surface area contributed by atoms with Crippen LogP contribution in [0.25, 0.3) is 0 Å². The number of benzene rings is 1. The van der Waals surface area contributed by atoms with Crippen LogP contribution in [0.4, 0.5) is 17.6 Å². The van der Waals surface area contributed by atoms with Crippen molar-refractivity contribution in [3.05, 3.63) is 63.6 Å². The Balaban J connectivity index is 2.49. The number of aromatic nitrogens is 1. The van der Waals surface area contributed by atoms with E-state index in [-0.39, 0.29) is 4.47 Å². The van der Waals surface area contributed by atoms with Gasteiger partial charge in [0.25, 0.3) is 0 Å². The summed E-state index contributed by atoms with van der Waals surface area (Å²) >= 11 is 2.89. The van der Waals surface area contributed by atoms with E-state index in [1.54, 1.807) is 13.1 Å². The molecule has 1 unspecified atom stereocenters. The standard InChI is InChI=1S/C14H11BrF4N2/c1-20-13(9-4-10(16)7-21-6-9)8-2-3-12(15)11(5-8)14(17,18)19/h2-7,13,20H,1H3. The zero-order valence-corrected chi connectivity index (χ0v) is 12.5. The SMILES string of the molecule is CNC(c1cncc(F)c1)c1ccc(Br)c(C(F)(F)F)c1. The second-order valence-corrected chi connectivity index (χ2v) is 5.25. The molecule has 0 aliphatic rings. The Kier molecular flexibility index (Phi) is 4.63. The van der Waals surface area contributed by atoms with Crippen LogP contribution in [-0.4, -0.2) is 12.0 Å². The van der Waals surface area contributed by atoms with E-state index in [1.807, 2.05) is 0 Å². The summed E-state index contributed by atoms with van der Waals surface area (Å²) in [6, 6.07) is 4.57. The van der Waals surface area contributed by atoms with Crippen molar-refractivity contribution in [2.45, 2.75) is 12.2 Å². The van der Waals surface area contributed by atoms with Gasteiger partial charge in [-0.15, -0.1) is 0 Å². The second kappa shape index (κ2) is 6.11. The van der Waals surface area contributed by atoms with Gasteiger partial charge in [-0.3, -0.25) is 4.98 Å². The molecule has 2 rings (SSSR count). The molecule has 112 valence electrons. The molecule has 0 saturated heterocycles. The minimum atomic E-state index is -4.46. The Bertz CT molecular complexity index is 643. The number of hydrogen-bond acceptors (Lipinski definition) is 2.